The Bertz CT molecular complexity index is 570. The number of hydrogen-bond donors (Lipinski definition) is 1. The van der Waals surface area contributed by atoms with Gasteiger partial charge in [-0.1, -0.05) is 11.6 Å². The van der Waals surface area contributed by atoms with Crippen LogP contribution in [0, 0.1) is 0 Å². The number of nitrogens with one attached hydrogen (secondary N) is 1. The van der Waals surface area contributed by atoms with E-state index in [1.54, 1.807) is 0 Å². The molecule has 1 atom stereocenters. The summed E-state index contributed by atoms with van der Waals surface area (Å²) in [5, 5.41) is 5.23. The molecule has 1 amide bonds. The van der Waals surface area contributed by atoms with E-state index >= 15 is 0 Å². The lowest BCUT2D eigenvalue weighted by Gasteiger charge is -2.22. The molecule has 0 unspecified atom stereocenters. The Balaban J connectivity index is 1.70. The third-order valence-electron chi connectivity index (χ3n) is 2.93. The highest BCUT2D eigenvalue weighted by Gasteiger charge is 2.25. The van der Waals surface area contributed by atoms with Crippen molar-refractivity contribution in [2.24, 2.45) is 0 Å². The maximum absolute atomic E-state index is 11.7. The van der Waals surface area contributed by atoms with Gasteiger partial charge in [-0.05, 0) is 12.5 Å². The molecule has 1 aromatic rings. The van der Waals surface area contributed by atoms with Crippen LogP contribution in [0.3, 0.4) is 0 Å². The SMILES string of the molecule is O=C(CCc1cc(Cl)cs1)NC[C@H]1CS(=O)(=O)CCO1. The second-order valence-corrected chi connectivity index (χ2v) is 8.30. The van der Waals surface area contributed by atoms with Gasteiger partial charge in [0.25, 0.3) is 0 Å². The number of halogens is 1. The van der Waals surface area contributed by atoms with Crippen LogP contribution in [-0.4, -0.2) is 45.1 Å². The molecule has 0 aromatic carbocycles. The van der Waals surface area contributed by atoms with Gasteiger partial charge in [-0.2, -0.15) is 0 Å². The van der Waals surface area contributed by atoms with E-state index in [-0.39, 0.29) is 30.6 Å². The fraction of sp³-hybridized carbons (Fsp3) is 0.583. The molecule has 2 rings (SSSR count). The quantitative estimate of drug-likeness (QED) is 0.878. The molecule has 1 saturated heterocycles. The summed E-state index contributed by atoms with van der Waals surface area (Å²) >= 11 is 7.32. The van der Waals surface area contributed by atoms with Crippen molar-refractivity contribution >= 4 is 38.7 Å². The number of ether oxygens (including phenoxy) is 1. The van der Waals surface area contributed by atoms with Gasteiger partial charge < -0.3 is 10.1 Å². The lowest BCUT2D eigenvalue weighted by atomic mass is 10.2. The molecule has 0 spiro atoms. The fourth-order valence-electron chi connectivity index (χ4n) is 1.91. The number of carbonyl (C=O) groups excluding carboxylic acids is 1. The summed E-state index contributed by atoms with van der Waals surface area (Å²) in [5.41, 5.74) is 0. The first kappa shape index (κ1) is 15.8. The number of rotatable bonds is 5. The van der Waals surface area contributed by atoms with Crippen molar-refractivity contribution in [3.8, 4) is 0 Å². The Hall–Kier alpha value is -0.630. The van der Waals surface area contributed by atoms with Gasteiger partial charge in [-0.25, -0.2) is 8.42 Å². The van der Waals surface area contributed by atoms with E-state index in [0.29, 0.717) is 17.9 Å². The largest absolute Gasteiger partial charge is 0.374 e. The van der Waals surface area contributed by atoms with Crippen molar-refractivity contribution in [1.82, 2.24) is 5.32 Å². The van der Waals surface area contributed by atoms with Crippen molar-refractivity contribution in [2.45, 2.75) is 18.9 Å². The first-order valence-electron chi connectivity index (χ1n) is 6.26. The lowest BCUT2D eigenvalue weighted by Crippen LogP contribution is -2.42. The molecule has 1 aliphatic rings. The molecule has 8 heteroatoms. The molecule has 0 saturated carbocycles. The van der Waals surface area contributed by atoms with E-state index in [1.807, 2.05) is 11.4 Å². The topological polar surface area (TPSA) is 72.5 Å². The maximum Gasteiger partial charge on any atom is 0.220 e. The molecule has 2 heterocycles. The van der Waals surface area contributed by atoms with Crippen LogP contribution in [0.2, 0.25) is 5.02 Å². The summed E-state index contributed by atoms with van der Waals surface area (Å²) in [6.07, 6.45) is 0.553. The number of amides is 1. The molecule has 1 aromatic heterocycles. The smallest absolute Gasteiger partial charge is 0.220 e. The monoisotopic (exact) mass is 337 g/mol. The van der Waals surface area contributed by atoms with Gasteiger partial charge in [0.2, 0.25) is 5.91 Å². The molecule has 1 N–H and O–H groups in total. The summed E-state index contributed by atoms with van der Waals surface area (Å²) < 4.78 is 28.2. The number of aryl methyl sites for hydroxylation is 1. The second kappa shape index (κ2) is 6.89. The molecule has 1 aliphatic heterocycles. The fourth-order valence-corrected chi connectivity index (χ4v) is 4.29. The number of carbonyl (C=O) groups is 1. The Morgan fingerprint density at radius 1 is 1.55 bits per heavy atom. The number of thiophene rings is 1. The summed E-state index contributed by atoms with van der Waals surface area (Å²) in [6, 6.07) is 1.84. The number of sulfone groups is 1. The molecule has 0 radical (unpaired) electrons. The summed E-state index contributed by atoms with van der Waals surface area (Å²) in [6.45, 7) is 0.444. The zero-order valence-electron chi connectivity index (χ0n) is 10.8. The van der Waals surface area contributed by atoms with Crippen LogP contribution in [0.5, 0.6) is 0 Å². The van der Waals surface area contributed by atoms with Crippen LogP contribution >= 0.6 is 22.9 Å². The molecule has 0 bridgehead atoms. The van der Waals surface area contributed by atoms with Gasteiger partial charge in [-0.15, -0.1) is 11.3 Å². The third kappa shape index (κ3) is 5.05. The van der Waals surface area contributed by atoms with Gasteiger partial charge in [0.1, 0.15) is 0 Å². The Morgan fingerprint density at radius 3 is 3.00 bits per heavy atom. The maximum atomic E-state index is 11.7. The van der Waals surface area contributed by atoms with Crippen molar-refractivity contribution in [2.75, 3.05) is 24.7 Å². The molecular weight excluding hydrogens is 322 g/mol. The van der Waals surface area contributed by atoms with Gasteiger partial charge in [0.15, 0.2) is 9.84 Å². The van der Waals surface area contributed by atoms with Gasteiger partial charge in [-0.3, -0.25) is 4.79 Å². The Kier molecular flexibility index (Phi) is 5.42. The van der Waals surface area contributed by atoms with Crippen LogP contribution < -0.4 is 5.32 Å². The molecular formula is C12H16ClNO4S2. The van der Waals surface area contributed by atoms with E-state index in [0.717, 1.165) is 4.88 Å². The highest BCUT2D eigenvalue weighted by atomic mass is 35.5. The lowest BCUT2D eigenvalue weighted by molar-refractivity contribution is -0.121. The number of hydrogen-bond acceptors (Lipinski definition) is 5. The van der Waals surface area contributed by atoms with Gasteiger partial charge >= 0.3 is 0 Å². The zero-order chi connectivity index (χ0) is 14.6. The first-order valence-corrected chi connectivity index (χ1v) is 9.34. The van der Waals surface area contributed by atoms with E-state index in [4.69, 9.17) is 16.3 Å². The molecule has 0 aliphatic carbocycles. The van der Waals surface area contributed by atoms with Gasteiger partial charge in [0, 0.05) is 23.2 Å². The second-order valence-electron chi connectivity index (χ2n) is 4.64. The first-order chi connectivity index (χ1) is 9.44. The third-order valence-corrected chi connectivity index (χ3v) is 5.95. The summed E-state index contributed by atoms with van der Waals surface area (Å²) in [5.74, 6) is -0.0641. The highest BCUT2D eigenvalue weighted by molar-refractivity contribution is 7.91. The molecule has 112 valence electrons. The van der Waals surface area contributed by atoms with Crippen LogP contribution in [0.1, 0.15) is 11.3 Å². The van der Waals surface area contributed by atoms with Crippen LogP contribution in [-0.2, 0) is 25.8 Å². The minimum absolute atomic E-state index is 0.0200. The molecule has 1 fully saturated rings. The van der Waals surface area contributed by atoms with Crippen LogP contribution in [0.25, 0.3) is 0 Å². The predicted molar refractivity (Wildman–Crippen MR) is 79.1 cm³/mol. The van der Waals surface area contributed by atoms with Crippen molar-refractivity contribution in [3.05, 3.63) is 21.3 Å². The zero-order valence-corrected chi connectivity index (χ0v) is 13.2. The predicted octanol–water partition coefficient (Wildman–Crippen LogP) is 1.26. The van der Waals surface area contributed by atoms with Crippen molar-refractivity contribution in [3.63, 3.8) is 0 Å². The standard InChI is InChI=1S/C12H16ClNO4S2/c13-9-5-11(19-7-9)1-2-12(15)14-6-10-8-20(16,17)4-3-18-10/h5,7,10H,1-4,6,8H2,(H,14,15)/t10-/m0/s1. The van der Waals surface area contributed by atoms with E-state index < -0.39 is 15.9 Å². The highest BCUT2D eigenvalue weighted by Crippen LogP contribution is 2.20. The van der Waals surface area contributed by atoms with E-state index in [2.05, 4.69) is 5.32 Å². The normalized spacial score (nSPS) is 21.6. The molecule has 20 heavy (non-hydrogen) atoms. The van der Waals surface area contributed by atoms with Crippen molar-refractivity contribution < 1.29 is 17.9 Å². The molecule has 5 nitrogen and oxygen atoms in total. The minimum atomic E-state index is -3.02. The van der Waals surface area contributed by atoms with E-state index in [1.165, 1.54) is 11.3 Å². The average molecular weight is 338 g/mol. The summed E-state index contributed by atoms with van der Waals surface area (Å²) in [4.78, 5) is 12.7. The Labute approximate surface area is 127 Å². The van der Waals surface area contributed by atoms with Crippen LogP contribution in [0.4, 0.5) is 0 Å². The average Bonchev–Trinajstić information content (AvgIpc) is 2.79. The summed E-state index contributed by atoms with van der Waals surface area (Å²) in [7, 11) is -3.02. The van der Waals surface area contributed by atoms with Crippen molar-refractivity contribution in [1.29, 1.82) is 0 Å². The Morgan fingerprint density at radius 2 is 2.35 bits per heavy atom. The van der Waals surface area contributed by atoms with E-state index in [9.17, 15) is 13.2 Å². The van der Waals surface area contributed by atoms with Gasteiger partial charge in [0.05, 0.1) is 29.2 Å². The van der Waals surface area contributed by atoms with Crippen LogP contribution in [0.15, 0.2) is 11.4 Å². The minimum Gasteiger partial charge on any atom is -0.374 e.